The van der Waals surface area contributed by atoms with Crippen molar-refractivity contribution in [3.05, 3.63) is 59.7 Å². The summed E-state index contributed by atoms with van der Waals surface area (Å²) in [6.07, 6.45) is -4.95. The van der Waals surface area contributed by atoms with Crippen molar-refractivity contribution in [1.82, 2.24) is 0 Å². The van der Waals surface area contributed by atoms with E-state index in [9.17, 15) is 26.3 Å². The smallest absolute Gasteiger partial charge is 0.439 e. The predicted octanol–water partition coefficient (Wildman–Crippen LogP) is 8.99. The maximum Gasteiger partial charge on any atom is 0.439 e. The van der Waals surface area contributed by atoms with Crippen LogP contribution in [-0.2, 0) is 6.61 Å². The molecule has 0 saturated heterocycles. The maximum atomic E-state index is 13.4. The van der Waals surface area contributed by atoms with Gasteiger partial charge in [0.1, 0.15) is 18.1 Å². The fourth-order valence-corrected chi connectivity index (χ4v) is 4.52. The first kappa shape index (κ1) is 27.2. The molecule has 0 spiro atoms. The number of alkyl halides is 6. The minimum Gasteiger partial charge on any atom is -0.489 e. The molecule has 0 amide bonds. The Balaban J connectivity index is 1.46. The molecule has 2 aromatic carbocycles. The number of unbranched alkanes of at least 4 members (excludes halogenated alkanes) is 2. The van der Waals surface area contributed by atoms with E-state index < -0.39 is 24.2 Å². The Kier molecular flexibility index (Phi) is 9.36. The first-order valence-corrected chi connectivity index (χ1v) is 12.2. The summed E-state index contributed by atoms with van der Waals surface area (Å²) < 4.78 is 86.0. The van der Waals surface area contributed by atoms with Crippen LogP contribution in [0, 0.1) is 5.92 Å². The summed E-state index contributed by atoms with van der Waals surface area (Å²) in [6.45, 7) is 2.36. The highest BCUT2D eigenvalue weighted by atomic mass is 19.4. The Hall–Kier alpha value is -2.38. The lowest BCUT2D eigenvalue weighted by molar-refractivity contribution is -0.304. The Morgan fingerprint density at radius 3 is 2.00 bits per heavy atom. The fraction of sp³-hybridized carbons (Fsp3) is 0.556. The third-order valence-electron chi connectivity index (χ3n) is 6.58. The molecule has 1 aliphatic rings. The number of ether oxygens (including phenoxy) is 2. The first-order valence-electron chi connectivity index (χ1n) is 12.2. The van der Waals surface area contributed by atoms with Gasteiger partial charge in [0.05, 0.1) is 0 Å². The van der Waals surface area contributed by atoms with Crippen molar-refractivity contribution in [3.63, 3.8) is 0 Å². The lowest BCUT2D eigenvalue weighted by Crippen LogP contribution is -2.45. The summed E-state index contributed by atoms with van der Waals surface area (Å²) in [4.78, 5) is 0. The monoisotopic (exact) mass is 502 g/mol. The van der Waals surface area contributed by atoms with E-state index in [1.807, 2.05) is 12.1 Å². The second-order valence-corrected chi connectivity index (χ2v) is 9.28. The van der Waals surface area contributed by atoms with Crippen LogP contribution in [0.25, 0.3) is 0 Å². The Morgan fingerprint density at radius 1 is 0.829 bits per heavy atom. The van der Waals surface area contributed by atoms with E-state index in [0.29, 0.717) is 17.2 Å². The molecule has 0 aliphatic heterocycles. The average Bonchev–Trinajstić information content (AvgIpc) is 2.83. The zero-order valence-corrected chi connectivity index (χ0v) is 19.8. The van der Waals surface area contributed by atoms with Gasteiger partial charge in [-0.1, -0.05) is 56.9 Å². The van der Waals surface area contributed by atoms with E-state index in [1.54, 1.807) is 0 Å². The molecule has 0 heterocycles. The summed E-state index contributed by atoms with van der Waals surface area (Å²) in [5.74, 6) is 1.50. The van der Waals surface area contributed by atoms with Crippen molar-refractivity contribution in [2.45, 2.75) is 89.3 Å². The highest BCUT2D eigenvalue weighted by molar-refractivity contribution is 5.31. The van der Waals surface area contributed by atoms with Crippen molar-refractivity contribution >= 4 is 0 Å². The third-order valence-corrected chi connectivity index (χ3v) is 6.58. The van der Waals surface area contributed by atoms with E-state index >= 15 is 0 Å². The second-order valence-electron chi connectivity index (χ2n) is 9.28. The van der Waals surface area contributed by atoms with E-state index in [2.05, 4.69) is 23.8 Å². The highest BCUT2D eigenvalue weighted by Crippen LogP contribution is 2.39. The fourth-order valence-electron chi connectivity index (χ4n) is 4.52. The van der Waals surface area contributed by atoms with Crippen molar-refractivity contribution in [2.24, 2.45) is 5.92 Å². The topological polar surface area (TPSA) is 18.5 Å². The first-order chi connectivity index (χ1) is 16.6. The van der Waals surface area contributed by atoms with Crippen LogP contribution in [-0.4, -0.2) is 18.5 Å². The summed E-state index contributed by atoms with van der Waals surface area (Å²) >= 11 is 0. The minimum atomic E-state index is -5.72. The Morgan fingerprint density at radius 2 is 1.43 bits per heavy atom. The van der Waals surface area contributed by atoms with Gasteiger partial charge < -0.3 is 9.47 Å². The second kappa shape index (κ2) is 12.0. The van der Waals surface area contributed by atoms with Gasteiger partial charge in [-0.25, -0.2) is 4.39 Å². The summed E-state index contributed by atoms with van der Waals surface area (Å²) in [5, 5.41) is 0. The number of hydrogen-bond donors (Lipinski definition) is 0. The van der Waals surface area contributed by atoms with Crippen molar-refractivity contribution in [2.75, 3.05) is 0 Å². The van der Waals surface area contributed by atoms with Crippen LogP contribution in [0.15, 0.2) is 48.5 Å². The number of hydrogen-bond acceptors (Lipinski definition) is 2. The van der Waals surface area contributed by atoms with Gasteiger partial charge in [-0.3, -0.25) is 0 Å². The Bertz CT molecular complexity index is 887. The summed E-state index contributed by atoms with van der Waals surface area (Å²) in [7, 11) is 0. The van der Waals surface area contributed by atoms with E-state index in [0.717, 1.165) is 18.1 Å². The molecule has 2 aromatic rings. The molecule has 1 atom stereocenters. The zero-order chi connectivity index (χ0) is 25.5. The van der Waals surface area contributed by atoms with Gasteiger partial charge in [0.15, 0.2) is 0 Å². The standard InChI is InChI=1S/C27H32F6O2/c1-2-3-4-5-19-6-10-21(11-7-19)22-12-16-23(17-13-22)34-18-20-8-14-24(15-9-20)35-27(32,33)25(28)26(29,30)31/h8-9,12-17,19,21,25H,2-7,10-11,18H2,1H3. The molecule has 35 heavy (non-hydrogen) atoms. The normalized spacial score (nSPS) is 19.9. The average molecular weight is 503 g/mol. The van der Waals surface area contributed by atoms with Crippen molar-refractivity contribution in [1.29, 1.82) is 0 Å². The zero-order valence-electron chi connectivity index (χ0n) is 19.8. The van der Waals surface area contributed by atoms with Gasteiger partial charge in [0.25, 0.3) is 6.17 Å². The molecule has 8 heteroatoms. The van der Waals surface area contributed by atoms with Crippen molar-refractivity contribution < 1.29 is 35.8 Å². The molecule has 2 nitrogen and oxygen atoms in total. The van der Waals surface area contributed by atoms with E-state index in [1.165, 1.54) is 69.1 Å². The van der Waals surface area contributed by atoms with Crippen LogP contribution in [0.1, 0.15) is 75.3 Å². The van der Waals surface area contributed by atoms with Crippen LogP contribution < -0.4 is 9.47 Å². The van der Waals surface area contributed by atoms with E-state index in [-0.39, 0.29) is 6.61 Å². The molecule has 0 bridgehead atoms. The molecule has 1 fully saturated rings. The molecule has 0 radical (unpaired) electrons. The van der Waals surface area contributed by atoms with Crippen LogP contribution >= 0.6 is 0 Å². The summed E-state index contributed by atoms with van der Waals surface area (Å²) in [6, 6.07) is 12.8. The van der Waals surface area contributed by atoms with Crippen LogP contribution in [0.3, 0.4) is 0 Å². The van der Waals surface area contributed by atoms with Gasteiger partial charge in [-0.05, 0) is 72.9 Å². The van der Waals surface area contributed by atoms with Crippen LogP contribution in [0.2, 0.25) is 0 Å². The number of rotatable bonds is 11. The lowest BCUT2D eigenvalue weighted by Gasteiger charge is -2.29. The van der Waals surface area contributed by atoms with Crippen molar-refractivity contribution in [3.8, 4) is 11.5 Å². The molecular formula is C27H32F6O2. The molecule has 0 aromatic heterocycles. The van der Waals surface area contributed by atoms with Gasteiger partial charge in [0, 0.05) is 0 Å². The lowest BCUT2D eigenvalue weighted by atomic mass is 9.77. The SMILES string of the molecule is CCCCCC1CCC(c2ccc(OCc3ccc(OC(F)(F)C(F)C(F)(F)F)cc3)cc2)CC1. The molecule has 1 unspecified atom stereocenters. The quantitative estimate of drug-likeness (QED) is 0.225. The molecule has 1 saturated carbocycles. The van der Waals surface area contributed by atoms with Gasteiger partial charge in [-0.15, -0.1) is 0 Å². The molecule has 194 valence electrons. The summed E-state index contributed by atoms with van der Waals surface area (Å²) in [5.41, 5.74) is 1.90. The van der Waals surface area contributed by atoms with E-state index in [4.69, 9.17) is 4.74 Å². The molecular weight excluding hydrogens is 470 g/mol. The minimum absolute atomic E-state index is 0.132. The van der Waals surface area contributed by atoms with Gasteiger partial charge >= 0.3 is 12.3 Å². The van der Waals surface area contributed by atoms with Gasteiger partial charge in [-0.2, -0.15) is 22.0 Å². The van der Waals surface area contributed by atoms with Crippen LogP contribution in [0.4, 0.5) is 26.3 Å². The van der Waals surface area contributed by atoms with Crippen LogP contribution in [0.5, 0.6) is 11.5 Å². The molecule has 1 aliphatic carbocycles. The number of benzene rings is 2. The highest BCUT2D eigenvalue weighted by Gasteiger charge is 2.59. The number of halogens is 6. The van der Waals surface area contributed by atoms with Gasteiger partial charge in [0.2, 0.25) is 0 Å². The molecule has 0 N–H and O–H groups in total. The maximum absolute atomic E-state index is 13.4. The largest absolute Gasteiger partial charge is 0.489 e. The molecule has 3 rings (SSSR count). The third kappa shape index (κ3) is 8.07. The predicted molar refractivity (Wildman–Crippen MR) is 123 cm³/mol. The Labute approximate surface area is 202 Å².